The first kappa shape index (κ1) is 19.8. The number of benzene rings is 2. The van der Waals surface area contributed by atoms with E-state index in [0.29, 0.717) is 5.69 Å². The quantitative estimate of drug-likeness (QED) is 0.273. The van der Waals surface area contributed by atoms with E-state index in [1.54, 1.807) is 12.1 Å². The first-order valence-corrected chi connectivity index (χ1v) is 8.78. The average Bonchev–Trinajstić information content (AvgIpc) is 2.63. The van der Waals surface area contributed by atoms with Crippen LogP contribution in [0.5, 0.6) is 0 Å². The first-order valence-electron chi connectivity index (χ1n) is 7.70. The minimum absolute atomic E-state index is 0.0457. The number of rotatable bonds is 5. The summed E-state index contributed by atoms with van der Waals surface area (Å²) < 4.78 is 39.0. The Kier molecular flexibility index (Phi) is 5.63. The van der Waals surface area contributed by atoms with Crippen molar-refractivity contribution in [3.8, 4) is 0 Å². The third-order valence-corrected chi connectivity index (χ3v) is 4.31. The number of aromatic nitrogens is 2. The van der Waals surface area contributed by atoms with Gasteiger partial charge < -0.3 is 10.6 Å². The lowest BCUT2D eigenvalue weighted by Gasteiger charge is -2.11. The van der Waals surface area contributed by atoms with Gasteiger partial charge >= 0.3 is 11.9 Å². The second-order valence-corrected chi connectivity index (χ2v) is 6.75. The standard InChI is InChI=1S/C17H11F3IN5O2/c18-17(19,20)10-1-5-12(6-2-10)24-15-14(26(27)28)16(23-9-22-15)25-13-7-3-11(21)4-8-13/h1-9H,(H2,22,23,24,25). The van der Waals surface area contributed by atoms with Gasteiger partial charge in [-0.15, -0.1) is 0 Å². The predicted octanol–water partition coefficient (Wildman–Crippen LogP) is 5.50. The van der Waals surface area contributed by atoms with Gasteiger partial charge in [0.2, 0.25) is 11.6 Å². The summed E-state index contributed by atoms with van der Waals surface area (Å²) in [6.45, 7) is 0. The van der Waals surface area contributed by atoms with Crippen LogP contribution in [0.2, 0.25) is 0 Å². The lowest BCUT2D eigenvalue weighted by Crippen LogP contribution is -2.06. The smallest absolute Gasteiger partial charge is 0.334 e. The van der Waals surface area contributed by atoms with Crippen molar-refractivity contribution in [2.75, 3.05) is 10.6 Å². The summed E-state index contributed by atoms with van der Waals surface area (Å²) in [5.74, 6) is -0.191. The summed E-state index contributed by atoms with van der Waals surface area (Å²) in [6, 6.07) is 11.2. The highest BCUT2D eigenvalue weighted by Gasteiger charge is 2.30. The zero-order valence-electron chi connectivity index (χ0n) is 13.9. The van der Waals surface area contributed by atoms with Crippen molar-refractivity contribution < 1.29 is 18.1 Å². The van der Waals surface area contributed by atoms with Crippen LogP contribution in [-0.4, -0.2) is 14.9 Å². The van der Waals surface area contributed by atoms with Crippen molar-refractivity contribution in [1.82, 2.24) is 9.97 Å². The third kappa shape index (κ3) is 4.65. The molecular formula is C17H11F3IN5O2. The third-order valence-electron chi connectivity index (χ3n) is 3.59. The second-order valence-electron chi connectivity index (χ2n) is 5.51. The van der Waals surface area contributed by atoms with Gasteiger partial charge in [0.25, 0.3) is 0 Å². The molecule has 3 rings (SSSR count). The molecule has 7 nitrogen and oxygen atoms in total. The summed E-state index contributed by atoms with van der Waals surface area (Å²) in [6.07, 6.45) is -3.35. The van der Waals surface area contributed by atoms with Gasteiger partial charge in [0.1, 0.15) is 6.33 Å². The van der Waals surface area contributed by atoms with Crippen LogP contribution in [-0.2, 0) is 6.18 Å². The van der Waals surface area contributed by atoms with Crippen molar-refractivity contribution in [3.63, 3.8) is 0 Å². The molecule has 0 aliphatic carbocycles. The molecule has 0 unspecified atom stereocenters. The number of anilines is 4. The molecule has 144 valence electrons. The molecule has 28 heavy (non-hydrogen) atoms. The average molecular weight is 501 g/mol. The summed E-state index contributed by atoms with van der Waals surface area (Å²) in [5, 5.41) is 17.1. The predicted molar refractivity (Wildman–Crippen MR) is 106 cm³/mol. The maximum atomic E-state index is 12.7. The molecule has 3 aromatic rings. The summed E-state index contributed by atoms with van der Waals surface area (Å²) in [5.41, 5.74) is -0.449. The Morgan fingerprint density at radius 2 is 1.36 bits per heavy atom. The van der Waals surface area contributed by atoms with Gasteiger partial charge in [-0.05, 0) is 71.1 Å². The molecule has 0 saturated carbocycles. The molecule has 0 radical (unpaired) electrons. The summed E-state index contributed by atoms with van der Waals surface area (Å²) >= 11 is 2.13. The molecule has 11 heteroatoms. The van der Waals surface area contributed by atoms with Crippen molar-refractivity contribution in [1.29, 1.82) is 0 Å². The van der Waals surface area contributed by atoms with E-state index in [1.165, 1.54) is 12.1 Å². The Morgan fingerprint density at radius 3 is 1.79 bits per heavy atom. The Bertz CT molecular complexity index is 995. The second kappa shape index (κ2) is 7.96. The van der Waals surface area contributed by atoms with Crippen molar-refractivity contribution >= 4 is 51.3 Å². The van der Waals surface area contributed by atoms with E-state index in [0.717, 1.165) is 22.0 Å². The number of alkyl halides is 3. The number of nitro groups is 1. The number of nitrogens with one attached hydrogen (secondary N) is 2. The Hall–Kier alpha value is -2.96. The van der Waals surface area contributed by atoms with Crippen LogP contribution in [0.1, 0.15) is 5.56 Å². The van der Waals surface area contributed by atoms with E-state index in [2.05, 4.69) is 43.2 Å². The normalized spacial score (nSPS) is 11.1. The van der Waals surface area contributed by atoms with Crippen molar-refractivity contribution in [2.45, 2.75) is 6.18 Å². The Labute approximate surface area is 170 Å². The Morgan fingerprint density at radius 1 is 0.893 bits per heavy atom. The van der Waals surface area contributed by atoms with Gasteiger partial charge in [0, 0.05) is 14.9 Å². The molecule has 0 atom stereocenters. The monoisotopic (exact) mass is 501 g/mol. The topological polar surface area (TPSA) is 93.0 Å². The lowest BCUT2D eigenvalue weighted by atomic mass is 10.2. The van der Waals surface area contributed by atoms with Crippen LogP contribution in [0.15, 0.2) is 54.9 Å². The zero-order valence-corrected chi connectivity index (χ0v) is 16.0. The van der Waals surface area contributed by atoms with Crippen LogP contribution in [0.4, 0.5) is 41.9 Å². The highest BCUT2D eigenvalue weighted by atomic mass is 127. The molecule has 2 N–H and O–H groups in total. The number of nitrogens with zero attached hydrogens (tertiary/aromatic N) is 3. The largest absolute Gasteiger partial charge is 0.416 e. The molecular weight excluding hydrogens is 490 g/mol. The molecule has 0 aliphatic rings. The first-order chi connectivity index (χ1) is 13.2. The van der Waals surface area contributed by atoms with E-state index in [-0.39, 0.29) is 17.3 Å². The molecule has 0 spiro atoms. The van der Waals surface area contributed by atoms with E-state index in [1.807, 2.05) is 12.1 Å². The van der Waals surface area contributed by atoms with Gasteiger partial charge in [-0.2, -0.15) is 13.2 Å². The molecule has 0 fully saturated rings. The van der Waals surface area contributed by atoms with Gasteiger partial charge in [-0.3, -0.25) is 10.1 Å². The van der Waals surface area contributed by atoms with Crippen molar-refractivity contribution in [2.24, 2.45) is 0 Å². The van der Waals surface area contributed by atoms with E-state index >= 15 is 0 Å². The fourth-order valence-electron chi connectivity index (χ4n) is 2.28. The number of halogens is 4. The van der Waals surface area contributed by atoms with Crippen LogP contribution in [0.3, 0.4) is 0 Å². The lowest BCUT2D eigenvalue weighted by molar-refractivity contribution is -0.383. The fourth-order valence-corrected chi connectivity index (χ4v) is 2.64. The van der Waals surface area contributed by atoms with Gasteiger partial charge in [-0.1, -0.05) is 0 Å². The zero-order chi connectivity index (χ0) is 20.3. The molecule has 0 saturated heterocycles. The van der Waals surface area contributed by atoms with Crippen LogP contribution in [0.25, 0.3) is 0 Å². The van der Waals surface area contributed by atoms with E-state index in [4.69, 9.17) is 0 Å². The highest BCUT2D eigenvalue weighted by molar-refractivity contribution is 14.1. The minimum atomic E-state index is -4.47. The number of hydrogen-bond acceptors (Lipinski definition) is 6. The molecule has 1 aromatic heterocycles. The van der Waals surface area contributed by atoms with Crippen LogP contribution >= 0.6 is 22.6 Å². The van der Waals surface area contributed by atoms with Crippen molar-refractivity contribution in [3.05, 3.63) is 74.1 Å². The van der Waals surface area contributed by atoms with Gasteiger partial charge in [-0.25, -0.2) is 9.97 Å². The molecule has 0 amide bonds. The molecule has 0 aliphatic heterocycles. The minimum Gasteiger partial charge on any atom is -0.334 e. The molecule has 0 bridgehead atoms. The fraction of sp³-hybridized carbons (Fsp3) is 0.0588. The summed E-state index contributed by atoms with van der Waals surface area (Å²) in [4.78, 5) is 18.7. The number of hydrogen-bond donors (Lipinski definition) is 2. The van der Waals surface area contributed by atoms with Gasteiger partial charge in [0.15, 0.2) is 0 Å². The van der Waals surface area contributed by atoms with E-state index < -0.39 is 22.4 Å². The molecule has 2 aromatic carbocycles. The maximum absolute atomic E-state index is 12.7. The van der Waals surface area contributed by atoms with Gasteiger partial charge in [0.05, 0.1) is 10.5 Å². The SMILES string of the molecule is O=[N+]([O-])c1c(Nc2ccc(I)cc2)ncnc1Nc1ccc(C(F)(F)F)cc1. The summed E-state index contributed by atoms with van der Waals surface area (Å²) in [7, 11) is 0. The van der Waals surface area contributed by atoms with Crippen LogP contribution in [0, 0.1) is 13.7 Å². The molecule has 1 heterocycles. The highest BCUT2D eigenvalue weighted by Crippen LogP contribution is 2.34. The van der Waals surface area contributed by atoms with E-state index in [9.17, 15) is 23.3 Å². The van der Waals surface area contributed by atoms with Crippen LogP contribution < -0.4 is 10.6 Å². The Balaban J connectivity index is 1.91. The maximum Gasteiger partial charge on any atom is 0.416 e.